The van der Waals surface area contributed by atoms with E-state index in [1.54, 1.807) is 0 Å². The molecule has 1 aromatic rings. The van der Waals surface area contributed by atoms with Crippen LogP contribution in [0.15, 0.2) is 18.3 Å². The molecule has 1 fully saturated rings. The van der Waals surface area contributed by atoms with Gasteiger partial charge in [0.25, 0.3) is 5.91 Å². The van der Waals surface area contributed by atoms with Gasteiger partial charge in [0.05, 0.1) is 5.56 Å². The predicted octanol–water partition coefficient (Wildman–Crippen LogP) is 2.24. The molecule has 5 heteroatoms. The number of halogens is 1. The molecule has 0 aromatic carbocycles. The molecule has 1 aliphatic rings. The summed E-state index contributed by atoms with van der Waals surface area (Å²) in [5.74, 6) is 0.437. The summed E-state index contributed by atoms with van der Waals surface area (Å²) in [5.41, 5.74) is 0.409. The first kappa shape index (κ1) is 12.4. The molecule has 0 saturated carbocycles. The maximum Gasteiger partial charge on any atom is 0.252 e. The van der Waals surface area contributed by atoms with Crippen molar-refractivity contribution in [2.24, 2.45) is 0 Å². The van der Waals surface area contributed by atoms with E-state index >= 15 is 0 Å². The molecule has 1 unspecified atom stereocenters. The van der Waals surface area contributed by atoms with Gasteiger partial charge in [0, 0.05) is 18.0 Å². The number of nitrogens with one attached hydrogen (secondary N) is 1. The number of carbonyl (C=O) groups is 1. The molecule has 2 heterocycles. The Morgan fingerprint density at radius 2 is 2.41 bits per heavy atom. The fourth-order valence-electron chi connectivity index (χ4n) is 1.79. The van der Waals surface area contributed by atoms with E-state index in [1.807, 2.05) is 11.8 Å². The van der Waals surface area contributed by atoms with Crippen molar-refractivity contribution in [3.05, 3.63) is 29.8 Å². The summed E-state index contributed by atoms with van der Waals surface area (Å²) in [5, 5.41) is 3.38. The third-order valence-electron chi connectivity index (χ3n) is 2.75. The third kappa shape index (κ3) is 3.70. The average molecular weight is 254 g/mol. The molecule has 92 valence electrons. The number of pyridine rings is 1. The Morgan fingerprint density at radius 3 is 3.06 bits per heavy atom. The molecule has 3 nitrogen and oxygen atoms in total. The highest BCUT2D eigenvalue weighted by Crippen LogP contribution is 2.24. The van der Waals surface area contributed by atoms with E-state index in [2.05, 4.69) is 10.3 Å². The second-order valence-corrected chi connectivity index (χ2v) is 5.48. The fraction of sp³-hybridized carbons (Fsp3) is 0.500. The van der Waals surface area contributed by atoms with Crippen LogP contribution in [-0.2, 0) is 0 Å². The van der Waals surface area contributed by atoms with Crippen LogP contribution in [0.1, 0.15) is 29.6 Å². The van der Waals surface area contributed by atoms with Gasteiger partial charge < -0.3 is 5.32 Å². The van der Waals surface area contributed by atoms with Crippen LogP contribution in [0.25, 0.3) is 0 Å². The summed E-state index contributed by atoms with van der Waals surface area (Å²) < 4.78 is 12.6. The quantitative estimate of drug-likeness (QED) is 0.841. The van der Waals surface area contributed by atoms with E-state index in [-0.39, 0.29) is 5.91 Å². The number of carbonyl (C=O) groups excluding carboxylic acids is 1. The number of amides is 1. The lowest BCUT2D eigenvalue weighted by molar-refractivity contribution is 0.0953. The van der Waals surface area contributed by atoms with Gasteiger partial charge >= 0.3 is 0 Å². The SMILES string of the molecule is O=C(NCC1CCCCS1)c1ccc(F)nc1. The summed E-state index contributed by atoms with van der Waals surface area (Å²) in [7, 11) is 0. The topological polar surface area (TPSA) is 42.0 Å². The van der Waals surface area contributed by atoms with Gasteiger partial charge in [0.15, 0.2) is 0 Å². The van der Waals surface area contributed by atoms with Crippen LogP contribution in [-0.4, -0.2) is 28.4 Å². The number of nitrogens with zero attached hydrogens (tertiary/aromatic N) is 1. The van der Waals surface area contributed by atoms with E-state index < -0.39 is 5.95 Å². The van der Waals surface area contributed by atoms with E-state index in [9.17, 15) is 9.18 Å². The fourth-order valence-corrected chi connectivity index (χ4v) is 3.03. The number of rotatable bonds is 3. The van der Waals surface area contributed by atoms with Crippen molar-refractivity contribution in [3.63, 3.8) is 0 Å². The van der Waals surface area contributed by atoms with Crippen molar-refractivity contribution < 1.29 is 9.18 Å². The molecule has 1 saturated heterocycles. The van der Waals surface area contributed by atoms with Crippen LogP contribution in [0.4, 0.5) is 4.39 Å². The lowest BCUT2D eigenvalue weighted by atomic mass is 10.2. The van der Waals surface area contributed by atoms with Gasteiger partial charge in [-0.05, 0) is 30.7 Å². The second kappa shape index (κ2) is 6.00. The molecule has 0 spiro atoms. The van der Waals surface area contributed by atoms with E-state index in [0.717, 1.165) is 6.42 Å². The Labute approximate surface area is 104 Å². The Morgan fingerprint density at radius 1 is 1.53 bits per heavy atom. The molecule has 0 radical (unpaired) electrons. The van der Waals surface area contributed by atoms with Crippen LogP contribution < -0.4 is 5.32 Å². The highest BCUT2D eigenvalue weighted by atomic mass is 32.2. The summed E-state index contributed by atoms with van der Waals surface area (Å²) in [4.78, 5) is 15.2. The zero-order valence-electron chi connectivity index (χ0n) is 9.49. The van der Waals surface area contributed by atoms with Crippen molar-refractivity contribution in [1.82, 2.24) is 10.3 Å². The molecule has 1 aromatic heterocycles. The lowest BCUT2D eigenvalue weighted by Gasteiger charge is -2.21. The molecule has 1 N–H and O–H groups in total. The molecular weight excluding hydrogens is 239 g/mol. The van der Waals surface area contributed by atoms with Crippen molar-refractivity contribution in [1.29, 1.82) is 0 Å². The first-order valence-corrected chi connectivity index (χ1v) is 6.82. The minimum Gasteiger partial charge on any atom is -0.351 e. The highest BCUT2D eigenvalue weighted by Gasteiger charge is 2.15. The molecule has 2 rings (SSSR count). The third-order valence-corrected chi connectivity index (χ3v) is 4.15. The second-order valence-electron chi connectivity index (χ2n) is 4.07. The number of hydrogen-bond acceptors (Lipinski definition) is 3. The summed E-state index contributed by atoms with van der Waals surface area (Å²) in [6.07, 6.45) is 4.94. The summed E-state index contributed by atoms with van der Waals surface area (Å²) in [6.45, 7) is 0.681. The predicted molar refractivity (Wildman–Crippen MR) is 66.6 cm³/mol. The van der Waals surface area contributed by atoms with E-state index in [4.69, 9.17) is 0 Å². The molecule has 1 aliphatic heterocycles. The minimum atomic E-state index is -0.565. The zero-order chi connectivity index (χ0) is 12.1. The van der Waals surface area contributed by atoms with Gasteiger partial charge in [-0.3, -0.25) is 4.79 Å². The molecular formula is C12H15FN2OS. The molecule has 0 bridgehead atoms. The largest absolute Gasteiger partial charge is 0.351 e. The van der Waals surface area contributed by atoms with Gasteiger partial charge in [-0.1, -0.05) is 6.42 Å². The Hall–Kier alpha value is -1.10. The number of aromatic nitrogens is 1. The van der Waals surface area contributed by atoms with Gasteiger partial charge in [-0.2, -0.15) is 16.2 Å². The first-order valence-electron chi connectivity index (χ1n) is 5.77. The van der Waals surface area contributed by atoms with Gasteiger partial charge in [-0.15, -0.1) is 0 Å². The van der Waals surface area contributed by atoms with Gasteiger partial charge in [0.1, 0.15) is 0 Å². The van der Waals surface area contributed by atoms with Crippen LogP contribution in [0.3, 0.4) is 0 Å². The van der Waals surface area contributed by atoms with E-state index in [1.165, 1.54) is 36.9 Å². The lowest BCUT2D eigenvalue weighted by Crippen LogP contribution is -2.31. The molecule has 1 amide bonds. The molecule has 1 atom stereocenters. The Bertz CT molecular complexity index is 377. The minimum absolute atomic E-state index is 0.177. The standard InChI is InChI=1S/C12H15FN2OS/c13-11-5-4-9(7-14-11)12(16)15-8-10-3-1-2-6-17-10/h4-5,7,10H,1-3,6,8H2,(H,15,16). The highest BCUT2D eigenvalue weighted by molar-refractivity contribution is 7.99. The monoisotopic (exact) mass is 254 g/mol. The molecule has 17 heavy (non-hydrogen) atoms. The number of hydrogen-bond donors (Lipinski definition) is 1. The van der Waals surface area contributed by atoms with Crippen LogP contribution in [0, 0.1) is 5.95 Å². The zero-order valence-corrected chi connectivity index (χ0v) is 10.3. The van der Waals surface area contributed by atoms with Crippen LogP contribution in [0.2, 0.25) is 0 Å². The van der Waals surface area contributed by atoms with Crippen LogP contribution in [0.5, 0.6) is 0 Å². The van der Waals surface area contributed by atoms with Gasteiger partial charge in [0.2, 0.25) is 5.95 Å². The van der Waals surface area contributed by atoms with Crippen molar-refractivity contribution in [3.8, 4) is 0 Å². The normalized spacial score (nSPS) is 19.9. The Kier molecular flexibility index (Phi) is 4.36. The smallest absolute Gasteiger partial charge is 0.252 e. The van der Waals surface area contributed by atoms with Crippen molar-refractivity contribution in [2.45, 2.75) is 24.5 Å². The summed E-state index contributed by atoms with van der Waals surface area (Å²) in [6, 6.07) is 2.65. The van der Waals surface area contributed by atoms with Crippen molar-refractivity contribution >= 4 is 17.7 Å². The average Bonchev–Trinajstić information content (AvgIpc) is 2.38. The van der Waals surface area contributed by atoms with Gasteiger partial charge in [-0.25, -0.2) is 4.98 Å². The maximum absolute atomic E-state index is 12.6. The maximum atomic E-state index is 12.6. The van der Waals surface area contributed by atoms with Crippen LogP contribution >= 0.6 is 11.8 Å². The molecule has 0 aliphatic carbocycles. The summed E-state index contributed by atoms with van der Waals surface area (Å²) >= 11 is 1.91. The first-order chi connectivity index (χ1) is 8.25. The number of thioether (sulfide) groups is 1. The van der Waals surface area contributed by atoms with Crippen molar-refractivity contribution in [2.75, 3.05) is 12.3 Å². The Balaban J connectivity index is 1.82. The van der Waals surface area contributed by atoms with E-state index in [0.29, 0.717) is 17.4 Å².